The third-order valence-electron chi connectivity index (χ3n) is 4.97. The van der Waals surface area contributed by atoms with Gasteiger partial charge in [-0.25, -0.2) is 21.9 Å². The summed E-state index contributed by atoms with van der Waals surface area (Å²) in [5.41, 5.74) is 3.92. The molecule has 0 bridgehead atoms. The van der Waals surface area contributed by atoms with Gasteiger partial charge in [0, 0.05) is 22.5 Å². The van der Waals surface area contributed by atoms with Gasteiger partial charge in [-0.15, -0.1) is 0 Å². The highest BCUT2D eigenvalue weighted by Gasteiger charge is 2.17. The van der Waals surface area contributed by atoms with E-state index in [2.05, 4.69) is 10.0 Å². The van der Waals surface area contributed by atoms with Gasteiger partial charge >= 0.3 is 0 Å². The fourth-order valence-corrected chi connectivity index (χ4v) is 4.16. The molecule has 0 spiro atoms. The first-order valence-corrected chi connectivity index (χ1v) is 11.4. The summed E-state index contributed by atoms with van der Waals surface area (Å²) in [7, 11) is -2.22. The minimum atomic E-state index is -3.60. The number of allylic oxidation sites excluding steroid dienone is 2. The van der Waals surface area contributed by atoms with Gasteiger partial charge in [-0.05, 0) is 80.6 Å². The lowest BCUT2D eigenvalue weighted by Crippen LogP contribution is -2.19. The first-order valence-electron chi connectivity index (χ1n) is 9.95. The van der Waals surface area contributed by atoms with Gasteiger partial charge in [0.05, 0.1) is 4.90 Å². The van der Waals surface area contributed by atoms with Crippen molar-refractivity contribution < 1.29 is 17.2 Å². The zero-order chi connectivity index (χ0) is 23.3. The van der Waals surface area contributed by atoms with E-state index in [1.807, 2.05) is 38.1 Å². The third-order valence-corrected chi connectivity index (χ3v) is 6.45. The number of anilines is 1. The van der Waals surface area contributed by atoms with Gasteiger partial charge in [0.1, 0.15) is 11.6 Å². The minimum absolute atomic E-state index is 0.153. The smallest absolute Gasteiger partial charge is 0.240 e. The fraction of sp³-hybridized carbons (Fsp3) is 0.120. The molecule has 0 saturated heterocycles. The summed E-state index contributed by atoms with van der Waals surface area (Å²) in [6, 6.07) is 15.7. The Morgan fingerprint density at radius 2 is 1.75 bits per heavy atom. The van der Waals surface area contributed by atoms with Crippen molar-refractivity contribution in [3.63, 3.8) is 0 Å². The normalized spacial score (nSPS) is 12.3. The summed E-state index contributed by atoms with van der Waals surface area (Å²) < 4.78 is 54.4. The van der Waals surface area contributed by atoms with Crippen LogP contribution in [0, 0.1) is 18.6 Å². The van der Waals surface area contributed by atoms with Crippen LogP contribution in [0.25, 0.3) is 17.2 Å². The topological polar surface area (TPSA) is 58.2 Å². The van der Waals surface area contributed by atoms with Crippen molar-refractivity contribution >= 4 is 21.8 Å². The van der Waals surface area contributed by atoms with Gasteiger partial charge in [-0.2, -0.15) is 0 Å². The lowest BCUT2D eigenvalue weighted by molar-refractivity contribution is 0.588. The van der Waals surface area contributed by atoms with E-state index in [-0.39, 0.29) is 10.5 Å². The SMILES string of the molecule is CC=C(C=Cc1cc(F)ccc1F)Nc1ccc(-c2ccccc2S(=O)(=O)NC)cc1C. The van der Waals surface area contributed by atoms with Gasteiger partial charge in [0.2, 0.25) is 10.0 Å². The number of nitrogens with one attached hydrogen (secondary N) is 2. The summed E-state index contributed by atoms with van der Waals surface area (Å²) >= 11 is 0. The van der Waals surface area contributed by atoms with Gasteiger partial charge < -0.3 is 5.32 Å². The summed E-state index contributed by atoms with van der Waals surface area (Å²) in [6.45, 7) is 3.74. The number of benzene rings is 3. The molecule has 2 N–H and O–H groups in total. The quantitative estimate of drug-likeness (QED) is 0.439. The molecule has 0 unspecified atom stereocenters. The summed E-state index contributed by atoms with van der Waals surface area (Å²) in [5, 5.41) is 3.26. The first kappa shape index (κ1) is 23.4. The molecule has 0 amide bonds. The van der Waals surface area contributed by atoms with Crippen LogP contribution in [0.3, 0.4) is 0 Å². The van der Waals surface area contributed by atoms with Crippen LogP contribution in [0.2, 0.25) is 0 Å². The van der Waals surface area contributed by atoms with Crippen molar-refractivity contribution in [3.05, 3.63) is 101 Å². The summed E-state index contributed by atoms with van der Waals surface area (Å²) in [6.07, 6.45) is 4.99. The molecule has 4 nitrogen and oxygen atoms in total. The van der Waals surface area contributed by atoms with Crippen molar-refractivity contribution in [2.24, 2.45) is 0 Å². The van der Waals surface area contributed by atoms with Crippen LogP contribution in [-0.4, -0.2) is 15.5 Å². The van der Waals surface area contributed by atoms with E-state index in [9.17, 15) is 17.2 Å². The first-order chi connectivity index (χ1) is 15.2. The molecule has 0 saturated carbocycles. The Hall–Kier alpha value is -3.29. The van der Waals surface area contributed by atoms with Crippen LogP contribution in [0.5, 0.6) is 0 Å². The van der Waals surface area contributed by atoms with E-state index in [4.69, 9.17) is 0 Å². The van der Waals surface area contributed by atoms with Crippen molar-refractivity contribution in [3.8, 4) is 11.1 Å². The van der Waals surface area contributed by atoms with E-state index in [1.54, 1.807) is 30.3 Å². The average Bonchev–Trinajstić information content (AvgIpc) is 2.79. The highest BCUT2D eigenvalue weighted by atomic mass is 32.2. The number of hydrogen-bond donors (Lipinski definition) is 2. The summed E-state index contributed by atoms with van der Waals surface area (Å²) in [5.74, 6) is -1.01. The van der Waals surface area contributed by atoms with Crippen molar-refractivity contribution in [2.75, 3.05) is 12.4 Å². The maximum atomic E-state index is 13.9. The lowest BCUT2D eigenvalue weighted by Gasteiger charge is -2.14. The van der Waals surface area contributed by atoms with Crippen molar-refractivity contribution in [1.82, 2.24) is 4.72 Å². The molecule has 0 aromatic heterocycles. The van der Waals surface area contributed by atoms with Crippen LogP contribution in [-0.2, 0) is 10.0 Å². The van der Waals surface area contributed by atoms with E-state index < -0.39 is 21.7 Å². The molecule has 0 aliphatic heterocycles. The monoisotopic (exact) mass is 454 g/mol. The van der Waals surface area contributed by atoms with Gasteiger partial charge in [0.25, 0.3) is 0 Å². The molecule has 3 aromatic rings. The molecule has 0 radical (unpaired) electrons. The highest BCUT2D eigenvalue weighted by Crippen LogP contribution is 2.30. The van der Waals surface area contributed by atoms with Crippen LogP contribution in [0.4, 0.5) is 14.5 Å². The molecular weight excluding hydrogens is 430 g/mol. The molecule has 3 rings (SSSR count). The molecule has 3 aromatic carbocycles. The Bertz CT molecular complexity index is 1300. The van der Waals surface area contributed by atoms with Crippen molar-refractivity contribution in [2.45, 2.75) is 18.7 Å². The third kappa shape index (κ3) is 5.30. The number of rotatable bonds is 7. The number of hydrogen-bond acceptors (Lipinski definition) is 3. The average molecular weight is 455 g/mol. The molecule has 32 heavy (non-hydrogen) atoms. The predicted octanol–water partition coefficient (Wildman–Crippen LogP) is 5.88. The second-order valence-corrected chi connectivity index (χ2v) is 8.96. The van der Waals surface area contributed by atoms with Crippen molar-refractivity contribution in [1.29, 1.82) is 0 Å². The molecular formula is C25H24F2N2O2S. The molecule has 0 heterocycles. The zero-order valence-electron chi connectivity index (χ0n) is 18.0. The Morgan fingerprint density at radius 1 is 1.00 bits per heavy atom. The van der Waals surface area contributed by atoms with E-state index >= 15 is 0 Å². The Labute approximate surface area is 187 Å². The fourth-order valence-electron chi connectivity index (χ4n) is 3.21. The molecule has 0 fully saturated rings. The van der Waals surface area contributed by atoms with Crippen LogP contribution in [0.1, 0.15) is 18.1 Å². The summed E-state index contributed by atoms with van der Waals surface area (Å²) in [4.78, 5) is 0.205. The minimum Gasteiger partial charge on any atom is -0.356 e. The predicted molar refractivity (Wildman–Crippen MR) is 126 cm³/mol. The standard InChI is InChI=1S/C25H24F2N2O2S/c1-4-21(12-9-19-16-20(26)11-13-23(19)27)29-24-14-10-18(15-17(24)2)22-7-5-6-8-25(22)32(30,31)28-3/h4-16,28-29H,1-3H3. The maximum absolute atomic E-state index is 13.9. The Kier molecular flexibility index (Phi) is 7.22. The largest absolute Gasteiger partial charge is 0.356 e. The van der Waals surface area contributed by atoms with E-state index in [1.165, 1.54) is 13.1 Å². The van der Waals surface area contributed by atoms with Gasteiger partial charge in [-0.3, -0.25) is 0 Å². The van der Waals surface area contributed by atoms with E-state index in [0.717, 1.165) is 35.0 Å². The number of aryl methyl sites for hydroxylation is 1. The van der Waals surface area contributed by atoms with E-state index in [0.29, 0.717) is 11.3 Å². The second-order valence-electron chi connectivity index (χ2n) is 7.10. The molecule has 0 atom stereocenters. The van der Waals surface area contributed by atoms with Crippen LogP contribution >= 0.6 is 0 Å². The van der Waals surface area contributed by atoms with Crippen LogP contribution < -0.4 is 10.0 Å². The Morgan fingerprint density at radius 3 is 2.44 bits per heavy atom. The number of sulfonamides is 1. The van der Waals surface area contributed by atoms with Crippen LogP contribution in [0.15, 0.2) is 83.4 Å². The Balaban J connectivity index is 1.88. The highest BCUT2D eigenvalue weighted by molar-refractivity contribution is 7.89. The molecule has 7 heteroatoms. The van der Waals surface area contributed by atoms with Gasteiger partial charge in [-0.1, -0.05) is 30.3 Å². The second kappa shape index (κ2) is 9.89. The lowest BCUT2D eigenvalue weighted by atomic mass is 10.0. The van der Waals surface area contributed by atoms with Gasteiger partial charge in [0.15, 0.2) is 0 Å². The zero-order valence-corrected chi connectivity index (χ0v) is 18.8. The number of halogens is 2. The maximum Gasteiger partial charge on any atom is 0.240 e. The molecule has 0 aliphatic rings. The molecule has 0 aliphatic carbocycles. The molecule has 166 valence electrons.